The van der Waals surface area contributed by atoms with Crippen LogP contribution in [0.1, 0.15) is 19.3 Å². The number of hydrogen-bond donors (Lipinski definition) is 1. The van der Waals surface area contributed by atoms with Gasteiger partial charge in [-0.15, -0.1) is 0 Å². The van der Waals surface area contributed by atoms with Crippen molar-refractivity contribution in [2.75, 3.05) is 13.6 Å². The molecule has 2 aliphatic rings. The molecule has 1 N–H and O–H groups in total. The first kappa shape index (κ1) is 8.47. The van der Waals surface area contributed by atoms with Crippen molar-refractivity contribution in [3.05, 3.63) is 0 Å². The Labute approximate surface area is 73.1 Å². The molecule has 0 aromatic carbocycles. The van der Waals surface area contributed by atoms with Crippen LogP contribution in [-0.2, 0) is 10.2 Å². The lowest BCUT2D eigenvalue weighted by Gasteiger charge is -2.25. The number of fused-ring (bicyclic) bond motifs is 2. The zero-order chi connectivity index (χ0) is 8.77. The Morgan fingerprint density at radius 3 is 2.58 bits per heavy atom. The molecule has 2 fully saturated rings. The molecule has 1 aliphatic carbocycles. The van der Waals surface area contributed by atoms with E-state index >= 15 is 0 Å². The average molecular weight is 190 g/mol. The first-order chi connectivity index (χ1) is 5.63. The first-order valence-electron chi connectivity index (χ1n) is 4.34. The smallest absolute Gasteiger partial charge is 0.205 e. The van der Waals surface area contributed by atoms with E-state index in [-0.39, 0.29) is 6.04 Å². The monoisotopic (exact) mass is 190 g/mol. The lowest BCUT2D eigenvalue weighted by Crippen LogP contribution is -2.43. The molecule has 2 unspecified atom stereocenters. The van der Waals surface area contributed by atoms with E-state index in [2.05, 4.69) is 4.72 Å². The van der Waals surface area contributed by atoms with Crippen LogP contribution in [0.4, 0.5) is 0 Å². The Bertz CT molecular complexity index is 275. The summed E-state index contributed by atoms with van der Waals surface area (Å²) in [4.78, 5) is 0. The predicted octanol–water partition coefficient (Wildman–Crippen LogP) is -0.0651. The zero-order valence-corrected chi connectivity index (χ0v) is 7.97. The summed E-state index contributed by atoms with van der Waals surface area (Å²) in [5.74, 6) is 0.623. The van der Waals surface area contributed by atoms with Gasteiger partial charge in [0.15, 0.2) is 0 Å². The van der Waals surface area contributed by atoms with Gasteiger partial charge >= 0.3 is 0 Å². The van der Waals surface area contributed by atoms with Crippen molar-refractivity contribution < 1.29 is 8.42 Å². The minimum Gasteiger partial charge on any atom is -0.205 e. The molecule has 5 heteroatoms. The van der Waals surface area contributed by atoms with Gasteiger partial charge in [0.05, 0.1) is 0 Å². The van der Waals surface area contributed by atoms with Gasteiger partial charge in [-0.1, -0.05) is 0 Å². The zero-order valence-electron chi connectivity index (χ0n) is 7.16. The molecule has 2 rings (SSSR count). The summed E-state index contributed by atoms with van der Waals surface area (Å²) >= 11 is 0. The van der Waals surface area contributed by atoms with Crippen LogP contribution in [0.3, 0.4) is 0 Å². The molecule has 2 atom stereocenters. The first-order valence-corrected chi connectivity index (χ1v) is 5.78. The van der Waals surface area contributed by atoms with Crippen LogP contribution in [0.5, 0.6) is 0 Å². The van der Waals surface area contributed by atoms with E-state index in [0.717, 1.165) is 19.4 Å². The summed E-state index contributed by atoms with van der Waals surface area (Å²) in [6.07, 6.45) is 3.33. The molecule has 2 bridgehead atoms. The molecule has 0 aromatic heterocycles. The molecule has 1 saturated heterocycles. The fraction of sp³-hybridized carbons (Fsp3) is 1.00. The van der Waals surface area contributed by atoms with Gasteiger partial charge in [0.25, 0.3) is 10.2 Å². The molecule has 12 heavy (non-hydrogen) atoms. The second-order valence-electron chi connectivity index (χ2n) is 3.61. The molecule has 0 aromatic rings. The number of hydrogen-bond acceptors (Lipinski definition) is 2. The van der Waals surface area contributed by atoms with Gasteiger partial charge in [-0.05, 0) is 25.2 Å². The predicted molar refractivity (Wildman–Crippen MR) is 45.8 cm³/mol. The molecule has 1 aliphatic heterocycles. The van der Waals surface area contributed by atoms with Crippen LogP contribution in [0, 0.1) is 5.92 Å². The van der Waals surface area contributed by atoms with E-state index in [1.165, 1.54) is 13.5 Å². The Kier molecular flexibility index (Phi) is 1.89. The maximum Gasteiger partial charge on any atom is 0.279 e. The highest BCUT2D eigenvalue weighted by Gasteiger charge is 2.43. The lowest BCUT2D eigenvalue weighted by atomic mass is 10.1. The summed E-state index contributed by atoms with van der Waals surface area (Å²) in [6.45, 7) is 0.730. The SMILES string of the molecule is CNS(=O)(=O)N1CC2CCC1C2. The minimum absolute atomic E-state index is 0.285. The van der Waals surface area contributed by atoms with Gasteiger partial charge in [-0.3, -0.25) is 0 Å². The third-order valence-corrected chi connectivity index (χ3v) is 4.51. The number of nitrogens with zero attached hydrogens (tertiary/aromatic N) is 1. The van der Waals surface area contributed by atoms with Crippen molar-refractivity contribution in [1.82, 2.24) is 9.03 Å². The lowest BCUT2D eigenvalue weighted by molar-refractivity contribution is 0.330. The Hall–Kier alpha value is -0.130. The van der Waals surface area contributed by atoms with E-state index in [1.807, 2.05) is 0 Å². The van der Waals surface area contributed by atoms with Gasteiger partial charge in [0, 0.05) is 19.6 Å². The number of nitrogens with one attached hydrogen (secondary N) is 1. The summed E-state index contributed by atoms with van der Waals surface area (Å²) in [5.41, 5.74) is 0. The second kappa shape index (κ2) is 2.68. The van der Waals surface area contributed by atoms with E-state index in [9.17, 15) is 8.42 Å². The maximum absolute atomic E-state index is 11.4. The Balaban J connectivity index is 2.17. The highest BCUT2D eigenvalue weighted by atomic mass is 32.2. The molecule has 1 saturated carbocycles. The van der Waals surface area contributed by atoms with Crippen LogP contribution in [0.15, 0.2) is 0 Å². The minimum atomic E-state index is -3.15. The molecule has 4 nitrogen and oxygen atoms in total. The van der Waals surface area contributed by atoms with Gasteiger partial charge in [0.1, 0.15) is 0 Å². The fourth-order valence-corrected chi connectivity index (χ4v) is 3.52. The summed E-state index contributed by atoms with van der Waals surface area (Å²) in [6, 6.07) is 0.285. The number of piperidine rings is 1. The second-order valence-corrected chi connectivity index (χ2v) is 5.44. The molecule has 0 radical (unpaired) electrons. The van der Waals surface area contributed by atoms with E-state index in [4.69, 9.17) is 0 Å². The van der Waals surface area contributed by atoms with E-state index in [1.54, 1.807) is 4.31 Å². The Morgan fingerprint density at radius 2 is 2.17 bits per heavy atom. The number of rotatable bonds is 2. The summed E-state index contributed by atoms with van der Waals surface area (Å²) < 4.78 is 26.8. The van der Waals surface area contributed by atoms with E-state index < -0.39 is 10.2 Å². The third kappa shape index (κ3) is 1.16. The normalized spacial score (nSPS) is 36.1. The van der Waals surface area contributed by atoms with Crippen molar-refractivity contribution in [2.45, 2.75) is 25.3 Å². The van der Waals surface area contributed by atoms with Crippen molar-refractivity contribution in [3.63, 3.8) is 0 Å². The Morgan fingerprint density at radius 1 is 1.42 bits per heavy atom. The van der Waals surface area contributed by atoms with Crippen LogP contribution in [0.2, 0.25) is 0 Å². The molecular formula is C7H14N2O2S. The van der Waals surface area contributed by atoms with Gasteiger partial charge in [0.2, 0.25) is 0 Å². The molecule has 70 valence electrons. The van der Waals surface area contributed by atoms with Crippen molar-refractivity contribution in [2.24, 2.45) is 5.92 Å². The van der Waals surface area contributed by atoms with Crippen LogP contribution >= 0.6 is 0 Å². The van der Waals surface area contributed by atoms with Crippen LogP contribution in [-0.4, -0.2) is 32.4 Å². The molecule has 1 heterocycles. The molecule has 0 spiro atoms. The van der Waals surface area contributed by atoms with Crippen LogP contribution in [0.25, 0.3) is 0 Å². The van der Waals surface area contributed by atoms with Crippen molar-refractivity contribution in [1.29, 1.82) is 0 Å². The maximum atomic E-state index is 11.4. The van der Waals surface area contributed by atoms with Gasteiger partial charge in [-0.25, -0.2) is 4.72 Å². The fourth-order valence-electron chi connectivity index (χ4n) is 2.29. The molecule has 0 amide bonds. The third-order valence-electron chi connectivity index (χ3n) is 2.93. The van der Waals surface area contributed by atoms with Gasteiger partial charge in [-0.2, -0.15) is 12.7 Å². The van der Waals surface area contributed by atoms with Crippen LogP contribution < -0.4 is 4.72 Å². The van der Waals surface area contributed by atoms with Crippen molar-refractivity contribution in [3.8, 4) is 0 Å². The quantitative estimate of drug-likeness (QED) is 0.663. The topological polar surface area (TPSA) is 49.4 Å². The average Bonchev–Trinajstić information content (AvgIpc) is 2.64. The molecular weight excluding hydrogens is 176 g/mol. The standard InChI is InChI=1S/C7H14N2O2S/c1-8-12(10,11)9-5-6-2-3-7(9)4-6/h6-8H,2-5H2,1H3. The summed E-state index contributed by atoms with van der Waals surface area (Å²) in [5, 5.41) is 0. The van der Waals surface area contributed by atoms with Gasteiger partial charge < -0.3 is 0 Å². The van der Waals surface area contributed by atoms with E-state index in [0.29, 0.717) is 5.92 Å². The largest absolute Gasteiger partial charge is 0.279 e. The highest BCUT2D eigenvalue weighted by Crippen LogP contribution is 2.38. The van der Waals surface area contributed by atoms with Crippen molar-refractivity contribution >= 4 is 10.2 Å². The highest BCUT2D eigenvalue weighted by molar-refractivity contribution is 7.87. The summed E-state index contributed by atoms with van der Waals surface area (Å²) in [7, 11) is -1.67.